The number of carbonyl (C=O) groups excluding carboxylic acids is 1. The van der Waals surface area contributed by atoms with Crippen LogP contribution in [0.3, 0.4) is 0 Å². The average molecular weight is 239 g/mol. The largest absolute Gasteiger partial charge is 0.394 e. The number of nitrogens with one attached hydrogen (secondary N) is 2. The van der Waals surface area contributed by atoms with Crippen molar-refractivity contribution in [1.82, 2.24) is 10.6 Å². The summed E-state index contributed by atoms with van der Waals surface area (Å²) in [6.45, 7) is 6.53. The molecular formula is C10H23ClN2O2. The SMILES string of the molecule is CNCC(=O)NC(CO)CC(C)(C)C.Cl. The van der Waals surface area contributed by atoms with E-state index in [1.165, 1.54) is 0 Å². The lowest BCUT2D eigenvalue weighted by Gasteiger charge is -2.25. The fourth-order valence-electron chi connectivity index (χ4n) is 1.34. The molecule has 92 valence electrons. The lowest BCUT2D eigenvalue weighted by atomic mass is 9.88. The number of aliphatic hydroxyl groups excluding tert-OH is 1. The van der Waals surface area contributed by atoms with Crippen LogP contribution in [0, 0.1) is 5.41 Å². The summed E-state index contributed by atoms with van der Waals surface area (Å²) in [4.78, 5) is 11.2. The molecule has 0 aromatic rings. The Bertz CT molecular complexity index is 181. The molecule has 0 aromatic heterocycles. The highest BCUT2D eigenvalue weighted by atomic mass is 35.5. The standard InChI is InChI=1S/C10H22N2O2.ClH/c1-10(2,3)5-8(7-13)12-9(14)6-11-4;/h8,11,13H,5-7H2,1-4H3,(H,12,14);1H. The van der Waals surface area contributed by atoms with Gasteiger partial charge in [0.25, 0.3) is 0 Å². The zero-order valence-electron chi connectivity index (χ0n) is 9.96. The molecule has 1 unspecified atom stereocenters. The van der Waals surface area contributed by atoms with Crippen molar-refractivity contribution >= 4 is 18.3 Å². The fraction of sp³-hybridized carbons (Fsp3) is 0.900. The summed E-state index contributed by atoms with van der Waals surface area (Å²) in [5.74, 6) is -0.0733. The van der Waals surface area contributed by atoms with Gasteiger partial charge in [-0.15, -0.1) is 12.4 Å². The van der Waals surface area contributed by atoms with Crippen molar-refractivity contribution in [1.29, 1.82) is 0 Å². The maximum Gasteiger partial charge on any atom is 0.234 e. The molecule has 0 aromatic carbocycles. The summed E-state index contributed by atoms with van der Waals surface area (Å²) in [7, 11) is 1.72. The van der Waals surface area contributed by atoms with Gasteiger partial charge in [0, 0.05) is 0 Å². The molecule has 0 fully saturated rings. The van der Waals surface area contributed by atoms with Gasteiger partial charge in [-0.3, -0.25) is 4.79 Å². The molecule has 3 N–H and O–H groups in total. The van der Waals surface area contributed by atoms with E-state index < -0.39 is 0 Å². The number of carbonyl (C=O) groups is 1. The zero-order valence-corrected chi connectivity index (χ0v) is 10.8. The van der Waals surface area contributed by atoms with Gasteiger partial charge in [-0.1, -0.05) is 20.8 Å². The third-order valence-corrected chi connectivity index (χ3v) is 1.78. The maximum atomic E-state index is 11.2. The summed E-state index contributed by atoms with van der Waals surface area (Å²) >= 11 is 0. The van der Waals surface area contributed by atoms with Crippen molar-refractivity contribution in [3.05, 3.63) is 0 Å². The smallest absolute Gasteiger partial charge is 0.234 e. The van der Waals surface area contributed by atoms with Crippen molar-refractivity contribution in [2.75, 3.05) is 20.2 Å². The van der Waals surface area contributed by atoms with Gasteiger partial charge in [0.15, 0.2) is 0 Å². The molecule has 0 bridgehead atoms. The Kier molecular flexibility index (Phi) is 9.01. The van der Waals surface area contributed by atoms with Crippen LogP contribution >= 0.6 is 12.4 Å². The Morgan fingerprint density at radius 3 is 2.27 bits per heavy atom. The van der Waals surface area contributed by atoms with Crippen molar-refractivity contribution in [3.63, 3.8) is 0 Å². The molecule has 0 saturated heterocycles. The average Bonchev–Trinajstić information content (AvgIpc) is 2.01. The molecule has 0 aliphatic carbocycles. The van der Waals surface area contributed by atoms with E-state index in [0.717, 1.165) is 6.42 Å². The highest BCUT2D eigenvalue weighted by Gasteiger charge is 2.19. The monoisotopic (exact) mass is 238 g/mol. The van der Waals surface area contributed by atoms with E-state index in [0.29, 0.717) is 6.54 Å². The first-order valence-corrected chi connectivity index (χ1v) is 4.94. The third-order valence-electron chi connectivity index (χ3n) is 1.78. The van der Waals surface area contributed by atoms with E-state index in [-0.39, 0.29) is 36.4 Å². The van der Waals surface area contributed by atoms with Gasteiger partial charge in [-0.2, -0.15) is 0 Å². The fourth-order valence-corrected chi connectivity index (χ4v) is 1.34. The molecule has 0 heterocycles. The number of amides is 1. The summed E-state index contributed by atoms with van der Waals surface area (Å²) in [6.07, 6.45) is 0.777. The Hall–Kier alpha value is -0.320. The summed E-state index contributed by atoms with van der Waals surface area (Å²) in [5, 5.41) is 14.6. The minimum Gasteiger partial charge on any atom is -0.394 e. The first kappa shape index (κ1) is 17.1. The van der Waals surface area contributed by atoms with Gasteiger partial charge in [0.2, 0.25) is 5.91 Å². The van der Waals surface area contributed by atoms with E-state index in [1.54, 1.807) is 7.05 Å². The molecule has 0 aliphatic rings. The molecule has 0 radical (unpaired) electrons. The second kappa shape index (κ2) is 7.91. The van der Waals surface area contributed by atoms with E-state index in [2.05, 4.69) is 31.4 Å². The predicted molar refractivity (Wildman–Crippen MR) is 64.3 cm³/mol. The molecule has 0 saturated carbocycles. The maximum absolute atomic E-state index is 11.2. The molecule has 1 amide bonds. The second-order valence-electron chi connectivity index (χ2n) is 4.74. The van der Waals surface area contributed by atoms with E-state index in [1.807, 2.05) is 0 Å². The molecule has 5 heteroatoms. The van der Waals surface area contributed by atoms with Gasteiger partial charge in [-0.25, -0.2) is 0 Å². The first-order chi connectivity index (χ1) is 6.39. The van der Waals surface area contributed by atoms with Crippen LogP contribution in [-0.4, -0.2) is 37.3 Å². The summed E-state index contributed by atoms with van der Waals surface area (Å²) < 4.78 is 0. The molecule has 0 aliphatic heterocycles. The number of aliphatic hydroxyl groups is 1. The Morgan fingerprint density at radius 1 is 1.40 bits per heavy atom. The molecule has 15 heavy (non-hydrogen) atoms. The van der Waals surface area contributed by atoms with Gasteiger partial charge < -0.3 is 15.7 Å². The molecular weight excluding hydrogens is 216 g/mol. The zero-order chi connectivity index (χ0) is 11.2. The van der Waals surface area contributed by atoms with E-state index >= 15 is 0 Å². The van der Waals surface area contributed by atoms with Crippen LogP contribution in [0.15, 0.2) is 0 Å². The quantitative estimate of drug-likeness (QED) is 0.655. The Balaban J connectivity index is 0. The van der Waals surface area contributed by atoms with Crippen molar-refractivity contribution in [2.24, 2.45) is 5.41 Å². The van der Waals surface area contributed by atoms with Gasteiger partial charge in [0.05, 0.1) is 19.2 Å². The number of likely N-dealkylation sites (N-methyl/N-ethyl adjacent to an activating group) is 1. The summed E-state index contributed by atoms with van der Waals surface area (Å²) in [5.41, 5.74) is 0.111. The van der Waals surface area contributed by atoms with Crippen LogP contribution in [0.4, 0.5) is 0 Å². The van der Waals surface area contributed by atoms with Crippen LogP contribution in [0.1, 0.15) is 27.2 Å². The van der Waals surface area contributed by atoms with E-state index in [9.17, 15) is 4.79 Å². The summed E-state index contributed by atoms with van der Waals surface area (Å²) in [6, 6.07) is -0.143. The first-order valence-electron chi connectivity index (χ1n) is 4.94. The van der Waals surface area contributed by atoms with Gasteiger partial charge in [0.1, 0.15) is 0 Å². The predicted octanol–water partition coefficient (Wildman–Crippen LogP) is 0.541. The Labute approximate surface area is 98.2 Å². The third kappa shape index (κ3) is 9.97. The van der Waals surface area contributed by atoms with Crippen LogP contribution < -0.4 is 10.6 Å². The Morgan fingerprint density at radius 2 is 1.93 bits per heavy atom. The van der Waals surface area contributed by atoms with Crippen molar-refractivity contribution < 1.29 is 9.90 Å². The lowest BCUT2D eigenvalue weighted by Crippen LogP contribution is -2.43. The molecule has 4 nitrogen and oxygen atoms in total. The van der Waals surface area contributed by atoms with Gasteiger partial charge >= 0.3 is 0 Å². The van der Waals surface area contributed by atoms with Crippen LogP contribution in [-0.2, 0) is 4.79 Å². The minimum absolute atomic E-state index is 0. The van der Waals surface area contributed by atoms with Gasteiger partial charge in [-0.05, 0) is 18.9 Å². The number of rotatable bonds is 5. The van der Waals surface area contributed by atoms with Crippen molar-refractivity contribution in [2.45, 2.75) is 33.2 Å². The highest BCUT2D eigenvalue weighted by Crippen LogP contribution is 2.20. The van der Waals surface area contributed by atoms with E-state index in [4.69, 9.17) is 5.11 Å². The minimum atomic E-state index is -0.143. The molecule has 0 rings (SSSR count). The number of hydrogen-bond acceptors (Lipinski definition) is 3. The molecule has 0 spiro atoms. The second-order valence-corrected chi connectivity index (χ2v) is 4.74. The van der Waals surface area contributed by atoms with Crippen LogP contribution in [0.2, 0.25) is 0 Å². The number of halogens is 1. The molecule has 1 atom stereocenters. The van der Waals surface area contributed by atoms with Crippen LogP contribution in [0.5, 0.6) is 0 Å². The topological polar surface area (TPSA) is 61.4 Å². The normalized spacial score (nSPS) is 12.9. The lowest BCUT2D eigenvalue weighted by molar-refractivity contribution is -0.121. The highest BCUT2D eigenvalue weighted by molar-refractivity contribution is 5.85. The van der Waals surface area contributed by atoms with Crippen molar-refractivity contribution in [3.8, 4) is 0 Å². The number of hydrogen-bond donors (Lipinski definition) is 3. The van der Waals surface area contributed by atoms with Crippen LogP contribution in [0.25, 0.3) is 0 Å².